The highest BCUT2D eigenvalue weighted by Gasteiger charge is 2.19. The second kappa shape index (κ2) is 10.9. The molecule has 1 saturated heterocycles. The van der Waals surface area contributed by atoms with Gasteiger partial charge >= 0.3 is 0 Å². The Bertz CT molecular complexity index is 620. The zero-order valence-corrected chi connectivity index (χ0v) is 18.9. The maximum absolute atomic E-state index is 5.43. The molecule has 1 atom stereocenters. The van der Waals surface area contributed by atoms with Crippen LogP contribution >= 0.6 is 24.0 Å². The Kier molecular flexibility index (Phi) is 8.91. The van der Waals surface area contributed by atoms with Crippen LogP contribution in [0, 0.1) is 0 Å². The summed E-state index contributed by atoms with van der Waals surface area (Å²) in [4.78, 5) is 9.25. The van der Waals surface area contributed by atoms with Crippen molar-refractivity contribution in [1.29, 1.82) is 0 Å². The van der Waals surface area contributed by atoms with E-state index >= 15 is 0 Å². The predicted molar refractivity (Wildman–Crippen MR) is 120 cm³/mol. The van der Waals surface area contributed by atoms with Crippen LogP contribution in [0.4, 0.5) is 0 Å². The van der Waals surface area contributed by atoms with Gasteiger partial charge in [-0.2, -0.15) is 0 Å². The molecule has 0 amide bonds. The van der Waals surface area contributed by atoms with E-state index in [0.29, 0.717) is 12.8 Å². The number of piperazine rings is 1. The average Bonchev–Trinajstić information content (AvgIpc) is 3.12. The van der Waals surface area contributed by atoms with Gasteiger partial charge in [-0.3, -0.25) is 9.89 Å². The summed E-state index contributed by atoms with van der Waals surface area (Å²) >= 11 is 0. The molecule has 0 saturated carbocycles. The number of hydrogen-bond acceptors (Lipinski definition) is 5. The zero-order valence-electron chi connectivity index (χ0n) is 16.5. The summed E-state index contributed by atoms with van der Waals surface area (Å²) in [7, 11) is 4.00. The largest absolute Gasteiger partial charge is 0.454 e. The minimum absolute atomic E-state index is 0. The Hall–Kier alpha value is -1.26. The molecule has 3 rings (SSSR count). The van der Waals surface area contributed by atoms with E-state index in [1.54, 1.807) is 0 Å². The van der Waals surface area contributed by atoms with Gasteiger partial charge in [-0.25, -0.2) is 0 Å². The number of aliphatic imine (C=N–C) groups is 1. The molecule has 2 aliphatic heterocycles. The van der Waals surface area contributed by atoms with Crippen molar-refractivity contribution in [2.75, 3.05) is 60.2 Å². The van der Waals surface area contributed by atoms with E-state index in [2.05, 4.69) is 51.5 Å². The van der Waals surface area contributed by atoms with Gasteiger partial charge in [-0.15, -0.1) is 24.0 Å². The molecular weight excluding hydrogens is 457 g/mol. The second-order valence-corrected chi connectivity index (χ2v) is 7.01. The third kappa shape index (κ3) is 6.39. The summed E-state index contributed by atoms with van der Waals surface area (Å²) in [5.41, 5.74) is 1.23. The van der Waals surface area contributed by atoms with Crippen molar-refractivity contribution in [2.24, 2.45) is 4.99 Å². The predicted octanol–water partition coefficient (Wildman–Crippen LogP) is 1.38. The van der Waals surface area contributed by atoms with Crippen molar-refractivity contribution >= 4 is 29.9 Å². The number of fused-ring (bicyclic) bond motifs is 1. The topological polar surface area (TPSA) is 61.4 Å². The van der Waals surface area contributed by atoms with Crippen LogP contribution in [0.25, 0.3) is 0 Å². The number of benzene rings is 1. The van der Waals surface area contributed by atoms with Gasteiger partial charge in [0, 0.05) is 52.4 Å². The van der Waals surface area contributed by atoms with Crippen LogP contribution in [-0.4, -0.2) is 82.0 Å². The first-order valence-corrected chi connectivity index (χ1v) is 9.41. The van der Waals surface area contributed by atoms with Crippen LogP contribution in [-0.2, 0) is 6.42 Å². The number of nitrogens with one attached hydrogen (secondary N) is 2. The third-order valence-corrected chi connectivity index (χ3v) is 5.09. The summed E-state index contributed by atoms with van der Waals surface area (Å²) in [6, 6.07) is 6.61. The Morgan fingerprint density at radius 2 is 1.89 bits per heavy atom. The normalized spacial score (nSPS) is 18.7. The minimum atomic E-state index is 0. The molecule has 27 heavy (non-hydrogen) atoms. The van der Waals surface area contributed by atoms with Crippen LogP contribution in [0.5, 0.6) is 11.5 Å². The van der Waals surface area contributed by atoms with Crippen molar-refractivity contribution in [2.45, 2.75) is 19.4 Å². The number of nitrogens with zero attached hydrogens (tertiary/aromatic N) is 3. The lowest BCUT2D eigenvalue weighted by Gasteiger charge is -2.36. The molecule has 1 fully saturated rings. The number of likely N-dealkylation sites (N-methyl/N-ethyl adjacent to an activating group) is 1. The fourth-order valence-corrected chi connectivity index (χ4v) is 3.28. The highest BCUT2D eigenvalue weighted by Crippen LogP contribution is 2.32. The van der Waals surface area contributed by atoms with Gasteiger partial charge in [0.15, 0.2) is 17.5 Å². The monoisotopic (exact) mass is 489 g/mol. The van der Waals surface area contributed by atoms with E-state index < -0.39 is 0 Å². The van der Waals surface area contributed by atoms with Crippen LogP contribution in [0.3, 0.4) is 0 Å². The zero-order chi connectivity index (χ0) is 18.4. The molecule has 0 aliphatic carbocycles. The first kappa shape index (κ1) is 22.0. The molecule has 2 N–H and O–H groups in total. The van der Waals surface area contributed by atoms with Gasteiger partial charge in [-0.1, -0.05) is 6.07 Å². The van der Waals surface area contributed by atoms with Gasteiger partial charge in [0.2, 0.25) is 6.79 Å². The van der Waals surface area contributed by atoms with Crippen LogP contribution in [0.2, 0.25) is 0 Å². The first-order chi connectivity index (χ1) is 12.7. The average molecular weight is 489 g/mol. The van der Waals surface area contributed by atoms with Gasteiger partial charge in [0.25, 0.3) is 0 Å². The van der Waals surface area contributed by atoms with E-state index in [9.17, 15) is 0 Å². The van der Waals surface area contributed by atoms with Gasteiger partial charge in [-0.05, 0) is 38.1 Å². The SMILES string of the molecule is CN=C(NCCc1ccc2c(c1)OCO2)NCC(C)N1CCN(C)CC1.I. The number of rotatable bonds is 6. The molecule has 8 heteroatoms. The summed E-state index contributed by atoms with van der Waals surface area (Å²) in [6.07, 6.45) is 0.908. The number of halogens is 1. The third-order valence-electron chi connectivity index (χ3n) is 5.09. The Morgan fingerprint density at radius 3 is 2.63 bits per heavy atom. The summed E-state index contributed by atoms with van der Waals surface area (Å²) in [5, 5.41) is 6.84. The Labute approximate surface area is 179 Å². The highest BCUT2D eigenvalue weighted by molar-refractivity contribution is 14.0. The molecular formula is C19H32IN5O2. The molecule has 2 aliphatic rings. The van der Waals surface area contributed by atoms with E-state index in [-0.39, 0.29) is 24.0 Å². The maximum atomic E-state index is 5.43. The fraction of sp³-hybridized carbons (Fsp3) is 0.632. The molecule has 0 radical (unpaired) electrons. The van der Waals surface area contributed by atoms with Crippen LogP contribution < -0.4 is 20.1 Å². The molecule has 1 aromatic carbocycles. The standard InChI is InChI=1S/C19H31N5O2.HI/c1-15(24-10-8-23(3)9-11-24)13-22-19(20-2)21-7-6-16-4-5-17-18(12-16)26-14-25-17;/h4-5,12,15H,6-11,13-14H2,1-3H3,(H2,20,21,22);1H. The van der Waals surface area contributed by atoms with Crippen molar-refractivity contribution in [1.82, 2.24) is 20.4 Å². The first-order valence-electron chi connectivity index (χ1n) is 9.41. The van der Waals surface area contributed by atoms with Gasteiger partial charge in [0.05, 0.1) is 0 Å². The van der Waals surface area contributed by atoms with E-state index in [0.717, 1.165) is 63.1 Å². The molecule has 1 aromatic rings. The molecule has 152 valence electrons. The van der Waals surface area contributed by atoms with Crippen molar-refractivity contribution in [3.8, 4) is 11.5 Å². The second-order valence-electron chi connectivity index (χ2n) is 7.01. The van der Waals surface area contributed by atoms with E-state index in [1.165, 1.54) is 5.56 Å². The number of guanidine groups is 1. The van der Waals surface area contributed by atoms with Crippen molar-refractivity contribution in [3.63, 3.8) is 0 Å². The molecule has 0 bridgehead atoms. The summed E-state index contributed by atoms with van der Waals surface area (Å²) in [5.74, 6) is 2.52. The smallest absolute Gasteiger partial charge is 0.231 e. The van der Waals surface area contributed by atoms with Gasteiger partial charge < -0.3 is 25.0 Å². The number of ether oxygens (including phenoxy) is 2. The quantitative estimate of drug-likeness (QED) is 0.358. The lowest BCUT2D eigenvalue weighted by atomic mass is 10.1. The fourth-order valence-electron chi connectivity index (χ4n) is 3.28. The molecule has 0 spiro atoms. The van der Waals surface area contributed by atoms with Crippen molar-refractivity contribution in [3.05, 3.63) is 23.8 Å². The molecule has 7 nitrogen and oxygen atoms in total. The Balaban J connectivity index is 0.00000261. The molecule has 0 aromatic heterocycles. The van der Waals surface area contributed by atoms with E-state index in [4.69, 9.17) is 9.47 Å². The number of hydrogen-bond donors (Lipinski definition) is 2. The van der Waals surface area contributed by atoms with Crippen molar-refractivity contribution < 1.29 is 9.47 Å². The van der Waals surface area contributed by atoms with Gasteiger partial charge in [0.1, 0.15) is 0 Å². The lowest BCUT2D eigenvalue weighted by molar-refractivity contribution is 0.120. The van der Waals surface area contributed by atoms with Crippen LogP contribution in [0.15, 0.2) is 23.2 Å². The Morgan fingerprint density at radius 1 is 1.15 bits per heavy atom. The van der Waals surface area contributed by atoms with Crippen LogP contribution in [0.1, 0.15) is 12.5 Å². The molecule has 2 heterocycles. The molecule has 1 unspecified atom stereocenters. The highest BCUT2D eigenvalue weighted by atomic mass is 127. The summed E-state index contributed by atoms with van der Waals surface area (Å²) in [6.45, 7) is 8.87. The maximum Gasteiger partial charge on any atom is 0.231 e. The minimum Gasteiger partial charge on any atom is -0.454 e. The van der Waals surface area contributed by atoms with E-state index in [1.807, 2.05) is 13.1 Å². The lowest BCUT2D eigenvalue weighted by Crippen LogP contribution is -2.52. The summed E-state index contributed by atoms with van der Waals surface area (Å²) < 4.78 is 10.8.